The van der Waals surface area contributed by atoms with Gasteiger partial charge in [-0.1, -0.05) is 149 Å². The van der Waals surface area contributed by atoms with Crippen molar-refractivity contribution in [2.75, 3.05) is 6.61 Å². The van der Waals surface area contributed by atoms with Gasteiger partial charge in [-0.15, -0.1) is 0 Å². The number of ketones is 1. The minimum atomic E-state index is -0.00737. The molecule has 3 nitrogen and oxygen atoms in total. The van der Waals surface area contributed by atoms with E-state index in [1.165, 1.54) is 122 Å². The van der Waals surface area contributed by atoms with Crippen molar-refractivity contribution in [1.29, 1.82) is 0 Å². The lowest BCUT2D eigenvalue weighted by Gasteiger charge is -2.17. The molecule has 38 heavy (non-hydrogen) atoms. The number of Topliss-reactive ketones (excluding diaryl/α,β-unsaturated/α-hetero) is 1. The van der Waals surface area contributed by atoms with Gasteiger partial charge in [0.1, 0.15) is 5.78 Å². The highest BCUT2D eigenvalue weighted by Crippen LogP contribution is 2.20. The van der Waals surface area contributed by atoms with Crippen molar-refractivity contribution in [2.24, 2.45) is 5.92 Å². The SMILES string of the molecule is CCCCCCCCCCC(=O)CCCCCCCC(=O)OCC(CCCCCC)CCCCCCCC. The fraction of sp³-hybridized carbons (Fsp3) is 0.943. The second-order valence-electron chi connectivity index (χ2n) is 12.0. The number of unbranched alkanes of at least 4 members (excludes halogenated alkanes) is 19. The molecular formula is C35H68O3. The van der Waals surface area contributed by atoms with E-state index >= 15 is 0 Å². The maximum Gasteiger partial charge on any atom is 0.305 e. The Balaban J connectivity index is 3.75. The molecule has 226 valence electrons. The number of esters is 1. The van der Waals surface area contributed by atoms with Crippen molar-refractivity contribution in [1.82, 2.24) is 0 Å². The van der Waals surface area contributed by atoms with Gasteiger partial charge in [0.15, 0.2) is 0 Å². The van der Waals surface area contributed by atoms with Gasteiger partial charge in [0.2, 0.25) is 0 Å². The van der Waals surface area contributed by atoms with Crippen LogP contribution in [0.5, 0.6) is 0 Å². The molecule has 0 fully saturated rings. The minimum Gasteiger partial charge on any atom is -0.465 e. The molecule has 0 rings (SSSR count). The third-order valence-corrected chi connectivity index (χ3v) is 8.06. The van der Waals surface area contributed by atoms with Gasteiger partial charge in [-0.2, -0.15) is 0 Å². The Hall–Kier alpha value is -0.860. The Kier molecular flexibility index (Phi) is 30.0. The van der Waals surface area contributed by atoms with E-state index < -0.39 is 0 Å². The molecule has 0 aromatic rings. The molecule has 0 saturated carbocycles. The minimum absolute atomic E-state index is 0.00737. The summed E-state index contributed by atoms with van der Waals surface area (Å²) in [6.07, 6.45) is 33.2. The highest BCUT2D eigenvalue weighted by molar-refractivity contribution is 5.78. The largest absolute Gasteiger partial charge is 0.465 e. The quantitative estimate of drug-likeness (QED) is 0.0653. The van der Waals surface area contributed by atoms with Crippen molar-refractivity contribution >= 4 is 11.8 Å². The molecule has 0 radical (unpaired) electrons. The van der Waals surface area contributed by atoms with Crippen molar-refractivity contribution in [3.8, 4) is 0 Å². The Labute approximate surface area is 239 Å². The predicted molar refractivity (Wildman–Crippen MR) is 166 cm³/mol. The number of hydrogen-bond acceptors (Lipinski definition) is 3. The molecule has 0 aliphatic rings. The van der Waals surface area contributed by atoms with E-state index in [0.717, 1.165) is 51.4 Å². The summed E-state index contributed by atoms with van der Waals surface area (Å²) in [5, 5.41) is 0. The lowest BCUT2D eigenvalue weighted by molar-refractivity contribution is -0.145. The first-order valence-electron chi connectivity index (χ1n) is 17.3. The van der Waals surface area contributed by atoms with Crippen LogP contribution in [0.25, 0.3) is 0 Å². The van der Waals surface area contributed by atoms with E-state index in [0.29, 0.717) is 24.7 Å². The molecule has 0 amide bonds. The smallest absolute Gasteiger partial charge is 0.305 e. The first kappa shape index (κ1) is 37.1. The number of carbonyl (C=O) groups excluding carboxylic acids is 2. The van der Waals surface area contributed by atoms with E-state index in [1.807, 2.05) is 0 Å². The second-order valence-corrected chi connectivity index (χ2v) is 12.0. The number of ether oxygens (including phenoxy) is 1. The van der Waals surface area contributed by atoms with Gasteiger partial charge < -0.3 is 4.74 Å². The zero-order valence-electron chi connectivity index (χ0n) is 26.3. The topological polar surface area (TPSA) is 43.4 Å². The van der Waals surface area contributed by atoms with Crippen LogP contribution in [-0.2, 0) is 14.3 Å². The van der Waals surface area contributed by atoms with Crippen LogP contribution in [0.3, 0.4) is 0 Å². The summed E-state index contributed by atoms with van der Waals surface area (Å²) in [5.74, 6) is 0.988. The van der Waals surface area contributed by atoms with Gasteiger partial charge in [-0.05, 0) is 38.0 Å². The first-order valence-corrected chi connectivity index (χ1v) is 17.3. The standard InChI is InChI=1S/C35H68O3/c1-4-7-10-13-15-16-19-24-29-34(36)30-25-20-17-21-26-31-35(37)38-32-33(27-22-12-9-6-3)28-23-18-14-11-8-5-2/h33H,4-32H2,1-3H3. The van der Waals surface area contributed by atoms with Crippen LogP contribution in [0.4, 0.5) is 0 Å². The molecule has 0 aromatic heterocycles. The monoisotopic (exact) mass is 537 g/mol. The fourth-order valence-corrected chi connectivity index (χ4v) is 5.37. The third kappa shape index (κ3) is 28.2. The van der Waals surface area contributed by atoms with Crippen molar-refractivity contribution in [3.05, 3.63) is 0 Å². The van der Waals surface area contributed by atoms with Crippen molar-refractivity contribution in [3.63, 3.8) is 0 Å². The molecule has 0 aliphatic heterocycles. The zero-order valence-corrected chi connectivity index (χ0v) is 26.3. The molecule has 0 bridgehead atoms. The van der Waals surface area contributed by atoms with Gasteiger partial charge in [-0.25, -0.2) is 0 Å². The molecule has 0 saturated heterocycles. The van der Waals surface area contributed by atoms with E-state index in [4.69, 9.17) is 4.74 Å². The van der Waals surface area contributed by atoms with Gasteiger partial charge in [0, 0.05) is 19.3 Å². The number of hydrogen-bond donors (Lipinski definition) is 0. The third-order valence-electron chi connectivity index (χ3n) is 8.06. The zero-order chi connectivity index (χ0) is 27.9. The number of carbonyl (C=O) groups is 2. The summed E-state index contributed by atoms with van der Waals surface area (Å²) in [7, 11) is 0. The molecule has 0 heterocycles. The molecule has 1 atom stereocenters. The van der Waals surface area contributed by atoms with Crippen LogP contribution < -0.4 is 0 Å². The van der Waals surface area contributed by atoms with Crippen molar-refractivity contribution < 1.29 is 14.3 Å². The van der Waals surface area contributed by atoms with Gasteiger partial charge >= 0.3 is 5.97 Å². The molecular weight excluding hydrogens is 468 g/mol. The summed E-state index contributed by atoms with van der Waals surface area (Å²) in [6.45, 7) is 7.41. The lowest BCUT2D eigenvalue weighted by Crippen LogP contribution is -2.14. The summed E-state index contributed by atoms with van der Waals surface area (Å²) < 4.78 is 5.71. The van der Waals surface area contributed by atoms with Crippen molar-refractivity contribution in [2.45, 2.75) is 201 Å². The Morgan fingerprint density at radius 2 is 0.789 bits per heavy atom. The maximum absolute atomic E-state index is 12.3. The van der Waals surface area contributed by atoms with E-state index in [9.17, 15) is 9.59 Å². The van der Waals surface area contributed by atoms with Gasteiger partial charge in [-0.3, -0.25) is 9.59 Å². The van der Waals surface area contributed by atoms with Crippen LogP contribution >= 0.6 is 0 Å². The van der Waals surface area contributed by atoms with E-state index in [2.05, 4.69) is 20.8 Å². The highest BCUT2D eigenvalue weighted by atomic mass is 16.5. The number of rotatable bonds is 31. The molecule has 0 aromatic carbocycles. The van der Waals surface area contributed by atoms with Gasteiger partial charge in [0.25, 0.3) is 0 Å². The Morgan fingerprint density at radius 3 is 1.24 bits per heavy atom. The average molecular weight is 537 g/mol. The lowest BCUT2D eigenvalue weighted by atomic mass is 9.95. The summed E-state index contributed by atoms with van der Waals surface area (Å²) in [6, 6.07) is 0. The van der Waals surface area contributed by atoms with Crippen LogP contribution in [0.2, 0.25) is 0 Å². The summed E-state index contributed by atoms with van der Waals surface area (Å²) in [4.78, 5) is 24.4. The van der Waals surface area contributed by atoms with Crippen LogP contribution in [0, 0.1) is 5.92 Å². The molecule has 0 aliphatic carbocycles. The highest BCUT2D eigenvalue weighted by Gasteiger charge is 2.12. The Bertz CT molecular complexity index is 501. The summed E-state index contributed by atoms with van der Waals surface area (Å²) >= 11 is 0. The van der Waals surface area contributed by atoms with Crippen LogP contribution in [0.1, 0.15) is 201 Å². The van der Waals surface area contributed by atoms with E-state index in [1.54, 1.807) is 0 Å². The second kappa shape index (κ2) is 30.7. The van der Waals surface area contributed by atoms with Crippen LogP contribution in [0.15, 0.2) is 0 Å². The maximum atomic E-state index is 12.3. The molecule has 1 unspecified atom stereocenters. The molecule has 3 heteroatoms. The van der Waals surface area contributed by atoms with Gasteiger partial charge in [0.05, 0.1) is 6.61 Å². The van der Waals surface area contributed by atoms with Crippen LogP contribution in [-0.4, -0.2) is 18.4 Å². The average Bonchev–Trinajstić information content (AvgIpc) is 2.92. The first-order chi connectivity index (χ1) is 18.6. The van der Waals surface area contributed by atoms with E-state index in [-0.39, 0.29) is 5.97 Å². The normalized spacial score (nSPS) is 12.1. The Morgan fingerprint density at radius 1 is 0.447 bits per heavy atom. The predicted octanol–water partition coefficient (Wildman–Crippen LogP) is 11.7. The summed E-state index contributed by atoms with van der Waals surface area (Å²) in [5.41, 5.74) is 0. The molecule has 0 N–H and O–H groups in total. The molecule has 0 spiro atoms. The fourth-order valence-electron chi connectivity index (χ4n) is 5.37.